The minimum atomic E-state index is -0.193. The van der Waals surface area contributed by atoms with E-state index in [1.54, 1.807) is 0 Å². The van der Waals surface area contributed by atoms with Crippen LogP contribution < -0.4 is 10.6 Å². The first-order chi connectivity index (χ1) is 8.54. The van der Waals surface area contributed by atoms with Gasteiger partial charge in [-0.15, -0.1) is 0 Å². The third-order valence-electron chi connectivity index (χ3n) is 3.64. The molecule has 1 amide bonds. The van der Waals surface area contributed by atoms with Gasteiger partial charge in [0.15, 0.2) is 0 Å². The van der Waals surface area contributed by atoms with Crippen LogP contribution in [0.4, 0.5) is 5.69 Å². The van der Waals surface area contributed by atoms with Crippen molar-refractivity contribution in [1.82, 2.24) is 5.32 Å². The number of anilines is 1. The first-order valence-corrected chi connectivity index (χ1v) is 6.71. The zero-order valence-electron chi connectivity index (χ0n) is 11.6. The molecule has 2 atom stereocenters. The Hall–Kier alpha value is -1.35. The lowest BCUT2D eigenvalue weighted by atomic mass is 9.98. The highest BCUT2D eigenvalue weighted by Gasteiger charge is 2.33. The molecule has 1 aromatic rings. The van der Waals surface area contributed by atoms with E-state index in [4.69, 9.17) is 0 Å². The number of benzene rings is 1. The number of carbonyl (C=O) groups is 1. The Morgan fingerprint density at radius 3 is 2.67 bits per heavy atom. The predicted octanol–water partition coefficient (Wildman–Crippen LogP) is 3.07. The largest absolute Gasteiger partial charge is 0.324 e. The molecule has 1 aliphatic rings. The highest BCUT2D eigenvalue weighted by molar-refractivity contribution is 6.03. The van der Waals surface area contributed by atoms with E-state index in [0.717, 1.165) is 29.7 Å². The summed E-state index contributed by atoms with van der Waals surface area (Å²) in [5.74, 6) is 0.0744. The smallest absolute Gasteiger partial charge is 0.246 e. The summed E-state index contributed by atoms with van der Waals surface area (Å²) >= 11 is 0. The van der Waals surface area contributed by atoms with Gasteiger partial charge in [0, 0.05) is 17.3 Å². The molecule has 0 bridgehead atoms. The molecule has 2 rings (SSSR count). The Balaban J connectivity index is 2.30. The normalized spacial score (nSPS) is 19.6. The minimum absolute atomic E-state index is 0.0744. The summed E-state index contributed by atoms with van der Waals surface area (Å²) in [6.45, 7) is 8.41. The maximum absolute atomic E-state index is 12.1. The van der Waals surface area contributed by atoms with E-state index in [9.17, 15) is 4.79 Å². The van der Waals surface area contributed by atoms with Crippen LogP contribution in [-0.4, -0.2) is 11.9 Å². The molecule has 2 unspecified atom stereocenters. The summed E-state index contributed by atoms with van der Waals surface area (Å²) in [5, 5.41) is 6.44. The average Bonchev–Trinajstić information content (AvgIpc) is 2.63. The second-order valence-electron chi connectivity index (χ2n) is 5.27. The first-order valence-electron chi connectivity index (χ1n) is 6.71. The molecule has 0 aliphatic carbocycles. The Morgan fingerprint density at radius 2 is 2.00 bits per heavy atom. The summed E-state index contributed by atoms with van der Waals surface area (Å²) in [7, 11) is 0. The summed E-state index contributed by atoms with van der Waals surface area (Å²) < 4.78 is 0. The van der Waals surface area contributed by atoms with Crippen LogP contribution in [0.1, 0.15) is 49.4 Å². The van der Waals surface area contributed by atoms with Gasteiger partial charge in [0.05, 0.1) is 0 Å². The molecule has 3 heteroatoms. The monoisotopic (exact) mass is 246 g/mol. The quantitative estimate of drug-likeness (QED) is 0.857. The van der Waals surface area contributed by atoms with Crippen molar-refractivity contribution in [2.45, 2.75) is 52.6 Å². The van der Waals surface area contributed by atoms with Crippen LogP contribution in [0, 0.1) is 13.8 Å². The standard InChI is InChI=1S/C15H22N2O/c1-5-6-11(4)16-14-12-9(2)7-8-10(3)13(12)17-15(14)18/h7-8,11,14,16H,5-6H2,1-4H3,(H,17,18). The summed E-state index contributed by atoms with van der Waals surface area (Å²) in [4.78, 5) is 12.1. The Kier molecular flexibility index (Phi) is 3.71. The molecule has 3 nitrogen and oxygen atoms in total. The van der Waals surface area contributed by atoms with Crippen molar-refractivity contribution in [2.75, 3.05) is 5.32 Å². The van der Waals surface area contributed by atoms with E-state index in [1.807, 2.05) is 6.92 Å². The number of hydrogen-bond acceptors (Lipinski definition) is 2. The van der Waals surface area contributed by atoms with Crippen LogP contribution in [0.25, 0.3) is 0 Å². The zero-order chi connectivity index (χ0) is 13.3. The molecule has 0 saturated carbocycles. The van der Waals surface area contributed by atoms with E-state index < -0.39 is 0 Å². The number of carbonyl (C=O) groups excluding carboxylic acids is 1. The number of rotatable bonds is 4. The lowest BCUT2D eigenvalue weighted by Gasteiger charge is -2.19. The number of hydrogen-bond donors (Lipinski definition) is 2. The van der Waals surface area contributed by atoms with Crippen molar-refractivity contribution in [2.24, 2.45) is 0 Å². The van der Waals surface area contributed by atoms with Crippen LogP contribution in [-0.2, 0) is 4.79 Å². The fourth-order valence-corrected chi connectivity index (χ4v) is 2.66. The van der Waals surface area contributed by atoms with Gasteiger partial charge in [0.25, 0.3) is 0 Å². The molecule has 2 N–H and O–H groups in total. The number of aryl methyl sites for hydroxylation is 2. The van der Waals surface area contributed by atoms with Crippen molar-refractivity contribution in [1.29, 1.82) is 0 Å². The van der Waals surface area contributed by atoms with Crippen molar-refractivity contribution in [3.05, 3.63) is 28.8 Å². The highest BCUT2D eigenvalue weighted by atomic mass is 16.2. The van der Waals surface area contributed by atoms with Crippen LogP contribution in [0.15, 0.2) is 12.1 Å². The Morgan fingerprint density at radius 1 is 1.33 bits per heavy atom. The van der Waals surface area contributed by atoms with Crippen molar-refractivity contribution >= 4 is 11.6 Å². The second kappa shape index (κ2) is 5.11. The van der Waals surface area contributed by atoms with Crippen LogP contribution in [0.3, 0.4) is 0 Å². The molecule has 0 fully saturated rings. The molecule has 0 saturated heterocycles. The number of amides is 1. The van der Waals surface area contributed by atoms with Crippen molar-refractivity contribution in [3.63, 3.8) is 0 Å². The van der Waals surface area contributed by atoms with E-state index in [-0.39, 0.29) is 11.9 Å². The molecule has 1 aliphatic heterocycles. The van der Waals surface area contributed by atoms with E-state index in [0.29, 0.717) is 6.04 Å². The van der Waals surface area contributed by atoms with E-state index in [1.165, 1.54) is 5.56 Å². The molecule has 0 radical (unpaired) electrons. The Bertz CT molecular complexity index is 468. The summed E-state index contributed by atoms with van der Waals surface area (Å²) in [5.41, 5.74) is 4.44. The van der Waals surface area contributed by atoms with Crippen LogP contribution >= 0.6 is 0 Å². The van der Waals surface area contributed by atoms with Crippen LogP contribution in [0.2, 0.25) is 0 Å². The Labute approximate surface area is 109 Å². The molecule has 18 heavy (non-hydrogen) atoms. The summed E-state index contributed by atoms with van der Waals surface area (Å²) in [6.07, 6.45) is 2.21. The van der Waals surface area contributed by atoms with E-state index >= 15 is 0 Å². The molecule has 0 spiro atoms. The van der Waals surface area contributed by atoms with Gasteiger partial charge in [0.2, 0.25) is 5.91 Å². The molecule has 1 heterocycles. The van der Waals surface area contributed by atoms with Gasteiger partial charge in [0.1, 0.15) is 6.04 Å². The molecule has 98 valence electrons. The number of fused-ring (bicyclic) bond motifs is 1. The third kappa shape index (κ3) is 2.27. The van der Waals surface area contributed by atoms with Gasteiger partial charge in [-0.3, -0.25) is 10.1 Å². The van der Waals surface area contributed by atoms with Gasteiger partial charge in [-0.1, -0.05) is 25.5 Å². The second-order valence-corrected chi connectivity index (χ2v) is 5.27. The predicted molar refractivity (Wildman–Crippen MR) is 74.8 cm³/mol. The fourth-order valence-electron chi connectivity index (χ4n) is 2.66. The molecular formula is C15H22N2O. The molecule has 0 aromatic heterocycles. The average molecular weight is 246 g/mol. The first kappa shape index (κ1) is 13.1. The van der Waals surface area contributed by atoms with Gasteiger partial charge in [-0.2, -0.15) is 0 Å². The van der Waals surface area contributed by atoms with Gasteiger partial charge in [-0.05, 0) is 38.3 Å². The lowest BCUT2D eigenvalue weighted by molar-refractivity contribution is -0.117. The number of nitrogens with one attached hydrogen (secondary N) is 2. The maximum Gasteiger partial charge on any atom is 0.246 e. The molecular weight excluding hydrogens is 224 g/mol. The van der Waals surface area contributed by atoms with Gasteiger partial charge >= 0.3 is 0 Å². The highest BCUT2D eigenvalue weighted by Crippen LogP contribution is 2.36. The molecule has 1 aromatic carbocycles. The third-order valence-corrected chi connectivity index (χ3v) is 3.64. The topological polar surface area (TPSA) is 41.1 Å². The van der Waals surface area contributed by atoms with Gasteiger partial charge in [-0.25, -0.2) is 0 Å². The fraction of sp³-hybridized carbons (Fsp3) is 0.533. The lowest BCUT2D eigenvalue weighted by Crippen LogP contribution is -2.34. The summed E-state index contributed by atoms with van der Waals surface area (Å²) in [6, 6.07) is 4.32. The zero-order valence-corrected chi connectivity index (χ0v) is 11.6. The SMILES string of the molecule is CCCC(C)NC1C(=O)Nc2c(C)ccc(C)c21. The van der Waals surface area contributed by atoms with E-state index in [2.05, 4.69) is 43.5 Å². The minimum Gasteiger partial charge on any atom is -0.324 e. The maximum atomic E-state index is 12.1. The van der Waals surface area contributed by atoms with Crippen molar-refractivity contribution < 1.29 is 4.79 Å². The van der Waals surface area contributed by atoms with Gasteiger partial charge < -0.3 is 5.32 Å². The van der Waals surface area contributed by atoms with Crippen molar-refractivity contribution in [3.8, 4) is 0 Å². The van der Waals surface area contributed by atoms with Crippen LogP contribution in [0.5, 0.6) is 0 Å².